The van der Waals surface area contributed by atoms with Gasteiger partial charge in [0.25, 0.3) is 5.91 Å². The summed E-state index contributed by atoms with van der Waals surface area (Å²) in [6, 6.07) is 1.85. The van der Waals surface area contributed by atoms with E-state index in [1.165, 1.54) is 0 Å². The number of halogens is 1. The molecule has 2 unspecified atom stereocenters. The van der Waals surface area contributed by atoms with Crippen LogP contribution >= 0.6 is 12.4 Å². The third kappa shape index (κ3) is 4.53. The summed E-state index contributed by atoms with van der Waals surface area (Å²) in [5.74, 6) is 0.362. The van der Waals surface area contributed by atoms with E-state index in [0.29, 0.717) is 18.7 Å². The number of amides is 2. The fraction of sp³-hybridized carbons (Fsp3) is 0.600. The fourth-order valence-electron chi connectivity index (χ4n) is 4.24. The molecule has 158 valence electrons. The molecule has 2 fully saturated rings. The number of rotatable bonds is 4. The van der Waals surface area contributed by atoms with E-state index in [1.807, 2.05) is 24.8 Å². The minimum Gasteiger partial charge on any atom is -0.354 e. The summed E-state index contributed by atoms with van der Waals surface area (Å²) in [5, 5.41) is 10.7. The number of aryl methyl sites for hydroxylation is 2. The Labute approximate surface area is 176 Å². The monoisotopic (exact) mass is 420 g/mol. The van der Waals surface area contributed by atoms with Gasteiger partial charge < -0.3 is 15.5 Å². The zero-order valence-corrected chi connectivity index (χ0v) is 17.8. The number of carbonyl (C=O) groups is 2. The molecule has 0 radical (unpaired) electrons. The van der Waals surface area contributed by atoms with Crippen molar-refractivity contribution >= 4 is 29.9 Å². The van der Waals surface area contributed by atoms with Crippen molar-refractivity contribution in [3.05, 3.63) is 29.2 Å². The van der Waals surface area contributed by atoms with Crippen LogP contribution in [-0.2, 0) is 4.79 Å². The highest BCUT2D eigenvalue weighted by atomic mass is 35.5. The molecule has 2 aliphatic rings. The summed E-state index contributed by atoms with van der Waals surface area (Å²) in [7, 11) is 0. The molecule has 2 aromatic rings. The lowest BCUT2D eigenvalue weighted by molar-refractivity contribution is -0.123. The van der Waals surface area contributed by atoms with E-state index in [0.717, 1.165) is 55.8 Å². The largest absolute Gasteiger partial charge is 0.354 e. The molecule has 9 heteroatoms. The molecule has 2 aromatic heterocycles. The Morgan fingerprint density at radius 2 is 2.10 bits per heavy atom. The van der Waals surface area contributed by atoms with Gasteiger partial charge in [-0.3, -0.25) is 9.59 Å². The van der Waals surface area contributed by atoms with Gasteiger partial charge in [0.1, 0.15) is 0 Å². The van der Waals surface area contributed by atoms with Crippen LogP contribution in [0.2, 0.25) is 0 Å². The molecule has 0 bridgehead atoms. The molecule has 2 saturated heterocycles. The number of piperidine rings is 1. The van der Waals surface area contributed by atoms with Gasteiger partial charge in [-0.05, 0) is 52.0 Å². The number of likely N-dealkylation sites (tertiary alicyclic amines) is 1. The average Bonchev–Trinajstić information content (AvgIpc) is 3.36. The van der Waals surface area contributed by atoms with Gasteiger partial charge in [-0.1, -0.05) is 0 Å². The van der Waals surface area contributed by atoms with Gasteiger partial charge in [-0.15, -0.1) is 12.4 Å². The van der Waals surface area contributed by atoms with Gasteiger partial charge in [-0.2, -0.15) is 5.10 Å². The zero-order valence-electron chi connectivity index (χ0n) is 17.0. The van der Waals surface area contributed by atoms with E-state index in [9.17, 15) is 9.59 Å². The van der Waals surface area contributed by atoms with Crippen molar-refractivity contribution in [1.29, 1.82) is 0 Å². The normalized spacial score (nSPS) is 21.8. The van der Waals surface area contributed by atoms with Crippen molar-refractivity contribution in [3.8, 4) is 0 Å². The van der Waals surface area contributed by atoms with Crippen molar-refractivity contribution in [1.82, 2.24) is 30.1 Å². The highest BCUT2D eigenvalue weighted by Gasteiger charge is 2.28. The predicted octanol–water partition coefficient (Wildman–Crippen LogP) is 1.49. The third-order valence-corrected chi connectivity index (χ3v) is 5.82. The molecule has 8 nitrogen and oxygen atoms in total. The lowest BCUT2D eigenvalue weighted by Gasteiger charge is -2.33. The third-order valence-electron chi connectivity index (χ3n) is 5.82. The van der Waals surface area contributed by atoms with Gasteiger partial charge in [0.2, 0.25) is 5.91 Å². The van der Waals surface area contributed by atoms with E-state index in [1.54, 1.807) is 10.7 Å². The lowest BCUT2D eigenvalue weighted by Crippen LogP contribution is -2.46. The summed E-state index contributed by atoms with van der Waals surface area (Å²) in [6.45, 7) is 6.76. The Hall–Kier alpha value is -2.19. The molecule has 2 amide bonds. The second-order valence-corrected chi connectivity index (χ2v) is 7.97. The van der Waals surface area contributed by atoms with Crippen molar-refractivity contribution in [3.63, 3.8) is 0 Å². The van der Waals surface area contributed by atoms with Crippen LogP contribution in [0.5, 0.6) is 0 Å². The van der Waals surface area contributed by atoms with Crippen LogP contribution in [0.25, 0.3) is 5.65 Å². The molecule has 0 spiro atoms. The van der Waals surface area contributed by atoms with Crippen LogP contribution in [0.15, 0.2) is 12.3 Å². The number of fused-ring (bicyclic) bond motifs is 1. The van der Waals surface area contributed by atoms with E-state index in [2.05, 4.69) is 20.7 Å². The quantitative estimate of drug-likeness (QED) is 0.781. The minimum atomic E-state index is -0.0562. The number of nitrogens with zero attached hydrogens (tertiary/aromatic N) is 4. The van der Waals surface area contributed by atoms with Crippen LogP contribution in [0.3, 0.4) is 0 Å². The summed E-state index contributed by atoms with van der Waals surface area (Å²) in [5.41, 5.74) is 3.04. The first-order valence-corrected chi connectivity index (χ1v) is 10.2. The molecule has 0 aromatic carbocycles. The Morgan fingerprint density at radius 1 is 1.28 bits per heavy atom. The highest BCUT2D eigenvalue weighted by molar-refractivity contribution is 5.95. The number of hydrogen-bond donors (Lipinski definition) is 2. The van der Waals surface area contributed by atoms with Gasteiger partial charge in [0, 0.05) is 31.9 Å². The van der Waals surface area contributed by atoms with Crippen molar-refractivity contribution in [2.24, 2.45) is 5.92 Å². The standard InChI is InChI=1S/C20H28N6O2.ClH/c1-13-9-18-22-11-16(14(2)26(18)24-13)20(28)25-8-4-5-15(12-25)10-23-19(27)17-6-3-7-21-17;/h9,11,15,17,21H,3-8,10,12H2,1-2H3,(H,23,27);1H. The van der Waals surface area contributed by atoms with Gasteiger partial charge >= 0.3 is 0 Å². The predicted molar refractivity (Wildman–Crippen MR) is 112 cm³/mol. The molecular weight excluding hydrogens is 392 g/mol. The molecule has 4 rings (SSSR count). The van der Waals surface area contributed by atoms with Crippen LogP contribution in [0.4, 0.5) is 0 Å². The SMILES string of the molecule is Cc1cc2ncc(C(=O)N3CCCC(CNC(=O)C4CCCN4)C3)c(C)n2n1.Cl. The van der Waals surface area contributed by atoms with Gasteiger partial charge in [0.05, 0.1) is 23.0 Å². The number of hydrogen-bond acceptors (Lipinski definition) is 5. The molecule has 2 aliphatic heterocycles. The number of nitrogens with one attached hydrogen (secondary N) is 2. The zero-order chi connectivity index (χ0) is 19.7. The Morgan fingerprint density at radius 3 is 2.86 bits per heavy atom. The first-order chi connectivity index (χ1) is 13.5. The smallest absolute Gasteiger partial charge is 0.257 e. The minimum absolute atomic E-state index is 0. The summed E-state index contributed by atoms with van der Waals surface area (Å²) in [6.07, 6.45) is 5.59. The molecule has 4 heterocycles. The first-order valence-electron chi connectivity index (χ1n) is 10.2. The summed E-state index contributed by atoms with van der Waals surface area (Å²) >= 11 is 0. The molecular formula is C20H29ClN6O2. The van der Waals surface area contributed by atoms with Gasteiger partial charge in [-0.25, -0.2) is 9.50 Å². The maximum absolute atomic E-state index is 13.1. The van der Waals surface area contributed by atoms with E-state index in [4.69, 9.17) is 0 Å². The van der Waals surface area contributed by atoms with Crippen LogP contribution in [-0.4, -0.2) is 63.5 Å². The summed E-state index contributed by atoms with van der Waals surface area (Å²) < 4.78 is 1.73. The topological polar surface area (TPSA) is 91.6 Å². The van der Waals surface area contributed by atoms with Crippen molar-refractivity contribution < 1.29 is 9.59 Å². The molecule has 0 aliphatic carbocycles. The highest BCUT2D eigenvalue weighted by Crippen LogP contribution is 2.20. The molecule has 2 atom stereocenters. The Kier molecular flexibility index (Phi) is 6.74. The second kappa shape index (κ2) is 9.09. The van der Waals surface area contributed by atoms with Crippen LogP contribution in [0.1, 0.15) is 47.4 Å². The number of carbonyl (C=O) groups excluding carboxylic acids is 2. The first kappa shape index (κ1) is 21.5. The molecule has 29 heavy (non-hydrogen) atoms. The molecule has 2 N–H and O–H groups in total. The van der Waals surface area contributed by atoms with E-state index >= 15 is 0 Å². The molecule has 0 saturated carbocycles. The second-order valence-electron chi connectivity index (χ2n) is 7.97. The van der Waals surface area contributed by atoms with E-state index in [-0.39, 0.29) is 36.2 Å². The maximum Gasteiger partial charge on any atom is 0.257 e. The Balaban J connectivity index is 0.00000240. The Bertz CT molecular complexity index is 892. The number of aromatic nitrogens is 3. The van der Waals surface area contributed by atoms with Crippen LogP contribution < -0.4 is 10.6 Å². The maximum atomic E-state index is 13.1. The van der Waals surface area contributed by atoms with E-state index < -0.39 is 0 Å². The van der Waals surface area contributed by atoms with Gasteiger partial charge in [0.15, 0.2) is 5.65 Å². The van der Waals surface area contributed by atoms with Crippen molar-refractivity contribution in [2.75, 3.05) is 26.2 Å². The lowest BCUT2D eigenvalue weighted by atomic mass is 9.97. The fourth-order valence-corrected chi connectivity index (χ4v) is 4.24. The van der Waals surface area contributed by atoms with Crippen molar-refractivity contribution in [2.45, 2.75) is 45.6 Å². The van der Waals surface area contributed by atoms with Crippen LogP contribution in [0, 0.1) is 19.8 Å². The summed E-state index contributed by atoms with van der Waals surface area (Å²) in [4.78, 5) is 31.6. The average molecular weight is 421 g/mol.